The standard InChI is InChI=1S/C21H25N5O2/c1-15(2)20(23-19(27)14-16-8-4-3-5-9-16)21(28)22-12-11-18-25-24-17-10-6-7-13-26(17)18/h3-10,13,15,20H,11-12,14H2,1-2H3,(H,22,28)(H,23,27)/t20-/m0/s1. The lowest BCUT2D eigenvalue weighted by atomic mass is 10.0. The van der Waals surface area contributed by atoms with Crippen LogP contribution in [0.4, 0.5) is 0 Å². The van der Waals surface area contributed by atoms with Crippen molar-refractivity contribution < 1.29 is 9.59 Å². The van der Waals surface area contributed by atoms with Crippen LogP contribution in [-0.2, 0) is 22.4 Å². The van der Waals surface area contributed by atoms with Gasteiger partial charge in [0.15, 0.2) is 5.65 Å². The number of carbonyl (C=O) groups is 2. The highest BCUT2D eigenvalue weighted by atomic mass is 16.2. The molecule has 1 atom stereocenters. The first kappa shape index (κ1) is 19.5. The first-order valence-electron chi connectivity index (χ1n) is 9.44. The van der Waals surface area contributed by atoms with Crippen molar-refractivity contribution in [2.75, 3.05) is 6.54 Å². The SMILES string of the molecule is CC(C)[C@H](NC(=O)Cc1ccccc1)C(=O)NCCc1nnc2ccccn12. The summed E-state index contributed by atoms with van der Waals surface area (Å²) in [4.78, 5) is 24.9. The van der Waals surface area contributed by atoms with Crippen LogP contribution >= 0.6 is 0 Å². The number of pyridine rings is 1. The van der Waals surface area contributed by atoms with Crippen molar-refractivity contribution in [2.24, 2.45) is 5.92 Å². The van der Waals surface area contributed by atoms with Crippen LogP contribution in [0.2, 0.25) is 0 Å². The molecule has 0 bridgehead atoms. The summed E-state index contributed by atoms with van der Waals surface area (Å²) in [6, 6.07) is 14.6. The molecule has 0 aliphatic rings. The van der Waals surface area contributed by atoms with Crippen molar-refractivity contribution in [3.8, 4) is 0 Å². The maximum atomic E-state index is 12.6. The summed E-state index contributed by atoms with van der Waals surface area (Å²) in [7, 11) is 0. The van der Waals surface area contributed by atoms with Crippen LogP contribution < -0.4 is 10.6 Å². The topological polar surface area (TPSA) is 88.4 Å². The molecule has 2 N–H and O–H groups in total. The first-order chi connectivity index (χ1) is 13.5. The van der Waals surface area contributed by atoms with Crippen molar-refractivity contribution in [2.45, 2.75) is 32.7 Å². The Bertz CT molecular complexity index is 936. The molecule has 0 aliphatic carbocycles. The summed E-state index contributed by atoms with van der Waals surface area (Å²) >= 11 is 0. The summed E-state index contributed by atoms with van der Waals surface area (Å²) in [5.74, 6) is 0.410. The third-order valence-electron chi connectivity index (χ3n) is 4.51. The number of hydrogen-bond donors (Lipinski definition) is 2. The zero-order valence-electron chi connectivity index (χ0n) is 16.1. The number of nitrogens with one attached hydrogen (secondary N) is 2. The fourth-order valence-electron chi connectivity index (χ4n) is 3.01. The van der Waals surface area contributed by atoms with Gasteiger partial charge in [-0.15, -0.1) is 10.2 Å². The van der Waals surface area contributed by atoms with Crippen molar-refractivity contribution in [1.29, 1.82) is 0 Å². The Balaban J connectivity index is 1.53. The number of nitrogens with zero attached hydrogens (tertiary/aromatic N) is 3. The molecule has 28 heavy (non-hydrogen) atoms. The van der Waals surface area contributed by atoms with E-state index in [-0.39, 0.29) is 24.2 Å². The maximum Gasteiger partial charge on any atom is 0.242 e. The quantitative estimate of drug-likeness (QED) is 0.624. The van der Waals surface area contributed by atoms with Crippen LogP contribution in [0.3, 0.4) is 0 Å². The van der Waals surface area contributed by atoms with Gasteiger partial charge in [-0.1, -0.05) is 50.2 Å². The molecule has 0 spiro atoms. The molecule has 146 valence electrons. The number of fused-ring (bicyclic) bond motifs is 1. The van der Waals surface area contributed by atoms with Crippen LogP contribution in [0.25, 0.3) is 5.65 Å². The lowest BCUT2D eigenvalue weighted by Gasteiger charge is -2.21. The van der Waals surface area contributed by atoms with Crippen LogP contribution in [-0.4, -0.2) is 39.0 Å². The molecule has 7 heteroatoms. The molecule has 0 unspecified atom stereocenters. The molecular formula is C21H25N5O2. The van der Waals surface area contributed by atoms with Crippen LogP contribution in [0, 0.1) is 5.92 Å². The zero-order valence-corrected chi connectivity index (χ0v) is 16.1. The largest absolute Gasteiger partial charge is 0.354 e. The fraction of sp³-hybridized carbons (Fsp3) is 0.333. The van der Waals surface area contributed by atoms with Gasteiger partial charge in [0.25, 0.3) is 0 Å². The fourth-order valence-corrected chi connectivity index (χ4v) is 3.01. The van der Waals surface area contributed by atoms with Crippen LogP contribution in [0.5, 0.6) is 0 Å². The summed E-state index contributed by atoms with van der Waals surface area (Å²) in [5.41, 5.74) is 1.69. The number of hydrogen-bond acceptors (Lipinski definition) is 4. The van der Waals surface area contributed by atoms with E-state index >= 15 is 0 Å². The Morgan fingerprint density at radius 1 is 1.04 bits per heavy atom. The molecule has 0 radical (unpaired) electrons. The van der Waals surface area contributed by atoms with Gasteiger partial charge in [0.1, 0.15) is 11.9 Å². The molecule has 3 aromatic rings. The number of carbonyl (C=O) groups excluding carboxylic acids is 2. The van der Waals surface area contributed by atoms with Gasteiger partial charge in [-0.3, -0.25) is 14.0 Å². The highest BCUT2D eigenvalue weighted by Gasteiger charge is 2.24. The minimum Gasteiger partial charge on any atom is -0.354 e. The summed E-state index contributed by atoms with van der Waals surface area (Å²) in [5, 5.41) is 14.0. The molecule has 1 aromatic carbocycles. The van der Waals surface area contributed by atoms with E-state index in [0.717, 1.165) is 17.0 Å². The maximum absolute atomic E-state index is 12.6. The lowest BCUT2D eigenvalue weighted by molar-refractivity contribution is -0.129. The number of amides is 2. The van der Waals surface area contributed by atoms with Crippen molar-refractivity contribution in [1.82, 2.24) is 25.2 Å². The second-order valence-corrected chi connectivity index (χ2v) is 7.04. The van der Waals surface area contributed by atoms with Gasteiger partial charge in [0, 0.05) is 19.2 Å². The van der Waals surface area contributed by atoms with E-state index in [1.54, 1.807) is 0 Å². The minimum absolute atomic E-state index is 0.0198. The van der Waals surface area contributed by atoms with E-state index in [9.17, 15) is 9.59 Å². The average Bonchev–Trinajstić information content (AvgIpc) is 3.10. The summed E-state index contributed by atoms with van der Waals surface area (Å²) in [6.45, 7) is 4.25. The summed E-state index contributed by atoms with van der Waals surface area (Å²) in [6.07, 6.45) is 2.70. The molecular weight excluding hydrogens is 354 g/mol. The Labute approximate surface area is 164 Å². The van der Waals surface area contributed by atoms with Gasteiger partial charge < -0.3 is 10.6 Å². The van der Waals surface area contributed by atoms with Gasteiger partial charge in [-0.25, -0.2) is 0 Å². The summed E-state index contributed by atoms with van der Waals surface area (Å²) < 4.78 is 1.90. The molecule has 0 fully saturated rings. The Hall–Kier alpha value is -3.22. The molecule has 7 nitrogen and oxygen atoms in total. The van der Waals surface area contributed by atoms with E-state index in [2.05, 4.69) is 20.8 Å². The van der Waals surface area contributed by atoms with Gasteiger partial charge in [0.2, 0.25) is 11.8 Å². The normalized spacial score (nSPS) is 12.1. The number of rotatable bonds is 8. The molecule has 3 rings (SSSR count). The second-order valence-electron chi connectivity index (χ2n) is 7.04. The van der Waals surface area contributed by atoms with E-state index in [0.29, 0.717) is 13.0 Å². The molecule has 2 heterocycles. The van der Waals surface area contributed by atoms with Crippen molar-refractivity contribution in [3.05, 3.63) is 66.1 Å². The predicted molar refractivity (Wildman–Crippen MR) is 107 cm³/mol. The Kier molecular flexibility index (Phi) is 6.37. The average molecular weight is 379 g/mol. The zero-order chi connectivity index (χ0) is 19.9. The van der Waals surface area contributed by atoms with Crippen LogP contribution in [0.15, 0.2) is 54.7 Å². The Morgan fingerprint density at radius 3 is 2.54 bits per heavy atom. The predicted octanol–water partition coefficient (Wildman–Crippen LogP) is 1.77. The molecule has 2 aromatic heterocycles. The van der Waals surface area contributed by atoms with Gasteiger partial charge >= 0.3 is 0 Å². The molecule has 0 saturated heterocycles. The smallest absolute Gasteiger partial charge is 0.242 e. The van der Waals surface area contributed by atoms with E-state index in [1.165, 1.54) is 0 Å². The second kappa shape index (κ2) is 9.12. The van der Waals surface area contributed by atoms with Gasteiger partial charge in [0.05, 0.1) is 6.42 Å². The van der Waals surface area contributed by atoms with Gasteiger partial charge in [-0.05, 0) is 23.6 Å². The number of aromatic nitrogens is 3. The third kappa shape index (κ3) is 4.94. The molecule has 2 amide bonds. The molecule has 0 aliphatic heterocycles. The van der Waals surface area contributed by atoms with Crippen molar-refractivity contribution in [3.63, 3.8) is 0 Å². The number of benzene rings is 1. The molecule has 0 saturated carbocycles. The minimum atomic E-state index is -0.577. The van der Waals surface area contributed by atoms with E-state index in [1.807, 2.05) is 73.0 Å². The van der Waals surface area contributed by atoms with E-state index in [4.69, 9.17) is 0 Å². The third-order valence-corrected chi connectivity index (χ3v) is 4.51. The van der Waals surface area contributed by atoms with Crippen molar-refractivity contribution >= 4 is 17.5 Å². The Morgan fingerprint density at radius 2 is 1.79 bits per heavy atom. The first-order valence-corrected chi connectivity index (χ1v) is 9.44. The highest BCUT2D eigenvalue weighted by molar-refractivity contribution is 5.88. The highest BCUT2D eigenvalue weighted by Crippen LogP contribution is 2.06. The monoisotopic (exact) mass is 379 g/mol. The van der Waals surface area contributed by atoms with Crippen LogP contribution in [0.1, 0.15) is 25.2 Å². The lowest BCUT2D eigenvalue weighted by Crippen LogP contribution is -2.50. The van der Waals surface area contributed by atoms with Gasteiger partial charge in [-0.2, -0.15) is 0 Å². The van der Waals surface area contributed by atoms with E-state index < -0.39 is 6.04 Å².